The van der Waals surface area contributed by atoms with Gasteiger partial charge in [0.15, 0.2) is 9.84 Å². The van der Waals surface area contributed by atoms with E-state index in [9.17, 15) is 13.2 Å². The van der Waals surface area contributed by atoms with Gasteiger partial charge in [0.2, 0.25) is 11.7 Å². The highest BCUT2D eigenvalue weighted by atomic mass is 32.2. The second kappa shape index (κ2) is 6.46. The molecule has 0 spiro atoms. The number of sulfone groups is 1. The molecule has 1 aliphatic carbocycles. The van der Waals surface area contributed by atoms with Crippen LogP contribution in [0.2, 0.25) is 0 Å². The van der Waals surface area contributed by atoms with E-state index >= 15 is 0 Å². The molecule has 0 bridgehead atoms. The molecule has 1 atom stereocenters. The van der Waals surface area contributed by atoms with Crippen molar-refractivity contribution in [3.63, 3.8) is 0 Å². The van der Waals surface area contributed by atoms with Crippen LogP contribution in [0.5, 0.6) is 0 Å². The first kappa shape index (κ1) is 17.1. The summed E-state index contributed by atoms with van der Waals surface area (Å²) in [7, 11) is -3.03. The highest BCUT2D eigenvalue weighted by Gasteiger charge is 2.42. The lowest BCUT2D eigenvalue weighted by Gasteiger charge is -2.28. The molecule has 1 amide bonds. The highest BCUT2D eigenvalue weighted by Crippen LogP contribution is 2.32. The first-order valence-corrected chi connectivity index (χ1v) is 10.6. The van der Waals surface area contributed by atoms with Gasteiger partial charge in [0.25, 0.3) is 0 Å². The van der Waals surface area contributed by atoms with Crippen LogP contribution in [0, 0.1) is 6.92 Å². The second-order valence-electron chi connectivity index (χ2n) is 7.10. The molecule has 2 fully saturated rings. The predicted molar refractivity (Wildman–Crippen MR) is 94.9 cm³/mol. The molecule has 1 aliphatic heterocycles. The first-order chi connectivity index (χ1) is 12.4. The molecule has 138 valence electrons. The molecule has 1 saturated heterocycles. The average molecular weight is 375 g/mol. The van der Waals surface area contributed by atoms with E-state index in [2.05, 4.69) is 15.4 Å². The summed E-state index contributed by atoms with van der Waals surface area (Å²) in [6.45, 7) is 1.98. The Morgan fingerprint density at radius 2 is 1.92 bits per heavy atom. The van der Waals surface area contributed by atoms with Crippen LogP contribution in [0.25, 0.3) is 11.4 Å². The zero-order chi connectivity index (χ0) is 18.3. The summed E-state index contributed by atoms with van der Waals surface area (Å²) in [4.78, 5) is 15.8. The van der Waals surface area contributed by atoms with E-state index in [1.807, 2.05) is 31.2 Å². The summed E-state index contributed by atoms with van der Waals surface area (Å²) >= 11 is 0. The molecule has 2 heterocycles. The Balaban J connectivity index is 1.48. The van der Waals surface area contributed by atoms with Crippen LogP contribution in [0.4, 0.5) is 0 Å². The van der Waals surface area contributed by atoms with Gasteiger partial charge in [-0.3, -0.25) is 4.79 Å². The fourth-order valence-corrected chi connectivity index (χ4v) is 5.10. The van der Waals surface area contributed by atoms with Crippen molar-refractivity contribution in [1.29, 1.82) is 0 Å². The molecule has 4 rings (SSSR count). The Morgan fingerprint density at radius 1 is 1.19 bits per heavy atom. The maximum Gasteiger partial charge on any atom is 0.246 e. The standard InChI is InChI=1S/C17H21N5O3S/c1-12-2-4-13(5-3-12)17-18-20-21(19-17)10-16(23)22(14-6-7-14)15-8-9-26(24,25)11-15/h2-5,14-15H,6-11H2,1H3/t15-/m1/s1. The summed E-state index contributed by atoms with van der Waals surface area (Å²) in [6.07, 6.45) is 2.38. The van der Waals surface area contributed by atoms with Crippen LogP contribution < -0.4 is 0 Å². The van der Waals surface area contributed by atoms with E-state index in [1.54, 1.807) is 4.90 Å². The topological polar surface area (TPSA) is 98.0 Å². The summed E-state index contributed by atoms with van der Waals surface area (Å²) in [5.74, 6) is 0.559. The van der Waals surface area contributed by atoms with E-state index in [1.165, 1.54) is 4.80 Å². The third kappa shape index (κ3) is 3.62. The quantitative estimate of drug-likeness (QED) is 0.768. The minimum atomic E-state index is -3.03. The lowest BCUT2D eigenvalue weighted by atomic mass is 10.1. The lowest BCUT2D eigenvalue weighted by molar-refractivity contribution is -0.134. The number of amides is 1. The highest BCUT2D eigenvalue weighted by molar-refractivity contribution is 7.91. The van der Waals surface area contributed by atoms with Crippen LogP contribution in [-0.4, -0.2) is 63.0 Å². The largest absolute Gasteiger partial charge is 0.334 e. The molecule has 2 aliphatic rings. The van der Waals surface area contributed by atoms with Gasteiger partial charge in [0.1, 0.15) is 6.54 Å². The lowest BCUT2D eigenvalue weighted by Crippen LogP contribution is -2.44. The van der Waals surface area contributed by atoms with Gasteiger partial charge in [-0.2, -0.15) is 4.80 Å². The fourth-order valence-electron chi connectivity index (χ4n) is 3.38. The minimum Gasteiger partial charge on any atom is -0.334 e. The van der Waals surface area contributed by atoms with Gasteiger partial charge in [-0.25, -0.2) is 8.42 Å². The van der Waals surface area contributed by atoms with Crippen LogP contribution in [0.15, 0.2) is 24.3 Å². The molecule has 1 aromatic carbocycles. The maximum absolute atomic E-state index is 12.8. The van der Waals surface area contributed by atoms with Crippen LogP contribution in [0.3, 0.4) is 0 Å². The SMILES string of the molecule is Cc1ccc(-c2nnn(CC(=O)N(C3CC3)[C@@H]3CCS(=O)(=O)C3)n2)cc1. The number of nitrogens with zero attached hydrogens (tertiary/aromatic N) is 5. The Kier molecular flexibility index (Phi) is 4.26. The molecule has 1 saturated carbocycles. The number of hydrogen-bond donors (Lipinski definition) is 0. The monoisotopic (exact) mass is 375 g/mol. The van der Waals surface area contributed by atoms with Crippen molar-refractivity contribution >= 4 is 15.7 Å². The third-order valence-electron chi connectivity index (χ3n) is 4.87. The van der Waals surface area contributed by atoms with Crippen molar-refractivity contribution in [2.45, 2.75) is 44.8 Å². The number of rotatable bonds is 5. The molecule has 0 radical (unpaired) electrons. The fraction of sp³-hybridized carbons (Fsp3) is 0.529. The van der Waals surface area contributed by atoms with Crippen LogP contribution >= 0.6 is 0 Å². The molecular weight excluding hydrogens is 354 g/mol. The van der Waals surface area contributed by atoms with Crippen molar-refractivity contribution in [2.75, 3.05) is 11.5 Å². The molecule has 8 nitrogen and oxygen atoms in total. The summed E-state index contributed by atoms with van der Waals surface area (Å²) in [5, 5.41) is 12.3. The predicted octanol–water partition coefficient (Wildman–Crippen LogP) is 0.827. The number of carbonyl (C=O) groups excluding carboxylic acids is 1. The second-order valence-corrected chi connectivity index (χ2v) is 9.33. The van der Waals surface area contributed by atoms with E-state index in [-0.39, 0.29) is 36.0 Å². The van der Waals surface area contributed by atoms with Crippen molar-refractivity contribution in [3.05, 3.63) is 29.8 Å². The van der Waals surface area contributed by atoms with Gasteiger partial charge in [-0.05, 0) is 31.4 Å². The smallest absolute Gasteiger partial charge is 0.246 e. The van der Waals surface area contributed by atoms with Gasteiger partial charge in [0.05, 0.1) is 11.5 Å². The Hall–Kier alpha value is -2.29. The van der Waals surface area contributed by atoms with Gasteiger partial charge < -0.3 is 4.90 Å². The normalized spacial score (nSPS) is 21.7. The molecule has 0 N–H and O–H groups in total. The number of aryl methyl sites for hydroxylation is 1. The molecule has 26 heavy (non-hydrogen) atoms. The van der Waals surface area contributed by atoms with Crippen molar-refractivity contribution in [2.24, 2.45) is 0 Å². The van der Waals surface area contributed by atoms with E-state index in [0.717, 1.165) is 24.0 Å². The molecule has 2 aromatic rings. The average Bonchev–Trinajstić information content (AvgIpc) is 3.20. The third-order valence-corrected chi connectivity index (χ3v) is 6.62. The van der Waals surface area contributed by atoms with Crippen LogP contribution in [0.1, 0.15) is 24.8 Å². The zero-order valence-corrected chi connectivity index (χ0v) is 15.4. The van der Waals surface area contributed by atoms with E-state index < -0.39 is 9.84 Å². The van der Waals surface area contributed by atoms with E-state index in [0.29, 0.717) is 12.2 Å². The number of benzene rings is 1. The Bertz CT molecular complexity index is 918. The minimum absolute atomic E-state index is 0.0219. The summed E-state index contributed by atoms with van der Waals surface area (Å²) in [6, 6.07) is 7.70. The molecule has 0 unspecified atom stereocenters. The number of aromatic nitrogens is 4. The number of hydrogen-bond acceptors (Lipinski definition) is 6. The Labute approximate surface area is 152 Å². The summed E-state index contributed by atoms with van der Waals surface area (Å²) in [5.41, 5.74) is 1.98. The first-order valence-electron chi connectivity index (χ1n) is 8.78. The molecule has 9 heteroatoms. The number of tetrazole rings is 1. The van der Waals surface area contributed by atoms with Crippen molar-refractivity contribution in [3.8, 4) is 11.4 Å². The maximum atomic E-state index is 12.8. The molecule has 1 aromatic heterocycles. The van der Waals surface area contributed by atoms with Crippen LogP contribution in [-0.2, 0) is 21.2 Å². The summed E-state index contributed by atoms with van der Waals surface area (Å²) < 4.78 is 23.6. The van der Waals surface area contributed by atoms with E-state index in [4.69, 9.17) is 0 Å². The number of carbonyl (C=O) groups is 1. The van der Waals surface area contributed by atoms with Gasteiger partial charge in [-0.1, -0.05) is 29.8 Å². The van der Waals surface area contributed by atoms with Crippen molar-refractivity contribution < 1.29 is 13.2 Å². The van der Waals surface area contributed by atoms with Crippen molar-refractivity contribution in [1.82, 2.24) is 25.1 Å². The van der Waals surface area contributed by atoms with Gasteiger partial charge >= 0.3 is 0 Å². The zero-order valence-electron chi connectivity index (χ0n) is 14.6. The molecular formula is C17H21N5O3S. The van der Waals surface area contributed by atoms with Gasteiger partial charge in [-0.15, -0.1) is 10.2 Å². The van der Waals surface area contributed by atoms with Gasteiger partial charge in [0, 0.05) is 17.6 Å². The Morgan fingerprint density at radius 3 is 2.54 bits per heavy atom.